The SMILES string of the molecule is O=C1OC(=O)C2C1C(c1cccc(F)c1)N(c1ccc(Cl)c(Cl)c1)C21C(=O)c2ccccc2C1=O. The van der Waals surface area contributed by atoms with Crippen LogP contribution in [-0.2, 0) is 14.3 Å². The van der Waals surface area contributed by atoms with Gasteiger partial charge in [0, 0.05) is 16.8 Å². The number of Topliss-reactive ketones (excluding diaryl/α,β-unsaturated/α-hetero) is 2. The number of nitrogens with zero attached hydrogens (tertiary/aromatic N) is 1. The lowest BCUT2D eigenvalue weighted by Crippen LogP contribution is -2.59. The number of ketones is 2. The van der Waals surface area contributed by atoms with Crippen LogP contribution in [0.4, 0.5) is 10.1 Å². The van der Waals surface area contributed by atoms with E-state index in [1.165, 1.54) is 47.4 Å². The Hall–Kier alpha value is -3.55. The van der Waals surface area contributed by atoms with Crippen molar-refractivity contribution in [1.82, 2.24) is 0 Å². The number of cyclic esters (lactones) is 2. The van der Waals surface area contributed by atoms with Gasteiger partial charge in [-0.25, -0.2) is 4.39 Å². The van der Waals surface area contributed by atoms with Crippen molar-refractivity contribution in [3.63, 3.8) is 0 Å². The maximum atomic E-state index is 14.3. The van der Waals surface area contributed by atoms with E-state index < -0.39 is 52.7 Å². The molecule has 3 unspecified atom stereocenters. The molecule has 1 spiro atoms. The van der Waals surface area contributed by atoms with Gasteiger partial charge in [-0.05, 0) is 35.9 Å². The molecule has 2 saturated heterocycles. The van der Waals surface area contributed by atoms with Crippen molar-refractivity contribution in [2.24, 2.45) is 11.8 Å². The third-order valence-electron chi connectivity index (χ3n) is 7.02. The topological polar surface area (TPSA) is 80.8 Å². The van der Waals surface area contributed by atoms with Crippen LogP contribution in [0.3, 0.4) is 0 Å². The van der Waals surface area contributed by atoms with Crippen LogP contribution in [-0.4, -0.2) is 29.0 Å². The lowest BCUT2D eigenvalue weighted by atomic mass is 9.76. The molecule has 0 radical (unpaired) electrons. The van der Waals surface area contributed by atoms with Crippen LogP contribution in [0, 0.1) is 17.7 Å². The molecule has 0 saturated carbocycles. The van der Waals surface area contributed by atoms with Crippen molar-refractivity contribution in [3.8, 4) is 0 Å². The number of hydrogen-bond donors (Lipinski definition) is 0. The molecule has 0 amide bonds. The summed E-state index contributed by atoms with van der Waals surface area (Å²) < 4.78 is 19.3. The van der Waals surface area contributed by atoms with Crippen molar-refractivity contribution in [2.75, 3.05) is 4.90 Å². The van der Waals surface area contributed by atoms with E-state index in [2.05, 4.69) is 0 Å². The molecule has 6 rings (SSSR count). The number of rotatable bonds is 2. The molecule has 0 aromatic heterocycles. The summed E-state index contributed by atoms with van der Waals surface area (Å²) in [5.74, 6) is -6.38. The number of ether oxygens (including phenoxy) is 1. The Kier molecular flexibility index (Phi) is 4.69. The Morgan fingerprint density at radius 3 is 2.11 bits per heavy atom. The number of esters is 2. The van der Waals surface area contributed by atoms with Gasteiger partial charge in [-0.3, -0.25) is 19.2 Å². The predicted octanol–water partition coefficient (Wildman–Crippen LogP) is 4.83. The molecule has 2 aliphatic heterocycles. The van der Waals surface area contributed by atoms with Crippen LogP contribution in [0.2, 0.25) is 10.0 Å². The normalized spacial score (nSPS) is 24.2. The number of carbonyl (C=O) groups excluding carboxylic acids is 4. The summed E-state index contributed by atoms with van der Waals surface area (Å²) >= 11 is 12.4. The summed E-state index contributed by atoms with van der Waals surface area (Å²) in [6, 6.07) is 15.1. The van der Waals surface area contributed by atoms with Crippen LogP contribution in [0.25, 0.3) is 0 Å². The first-order chi connectivity index (χ1) is 16.8. The van der Waals surface area contributed by atoms with E-state index in [9.17, 15) is 23.6 Å². The second kappa shape index (κ2) is 7.47. The van der Waals surface area contributed by atoms with E-state index in [0.717, 1.165) is 0 Å². The first-order valence-corrected chi connectivity index (χ1v) is 11.5. The summed E-state index contributed by atoms with van der Waals surface area (Å²) in [5.41, 5.74) is -1.28. The molecule has 1 aliphatic carbocycles. The van der Waals surface area contributed by atoms with Gasteiger partial charge in [0.05, 0.1) is 22.0 Å². The summed E-state index contributed by atoms with van der Waals surface area (Å²) in [5, 5.41) is 0.368. The lowest BCUT2D eigenvalue weighted by molar-refractivity contribution is -0.154. The molecule has 35 heavy (non-hydrogen) atoms. The minimum Gasteiger partial charge on any atom is -0.393 e. The molecule has 174 valence electrons. The largest absolute Gasteiger partial charge is 0.393 e. The Labute approximate surface area is 208 Å². The van der Waals surface area contributed by atoms with Gasteiger partial charge in [0.15, 0.2) is 17.1 Å². The maximum absolute atomic E-state index is 14.3. The number of benzene rings is 3. The van der Waals surface area contributed by atoms with Crippen molar-refractivity contribution >= 4 is 52.4 Å². The number of carbonyl (C=O) groups is 4. The van der Waals surface area contributed by atoms with E-state index in [4.69, 9.17) is 27.9 Å². The fourth-order valence-electron chi connectivity index (χ4n) is 5.73. The molecule has 3 aromatic carbocycles. The highest BCUT2D eigenvalue weighted by Gasteiger charge is 2.76. The number of halogens is 3. The third-order valence-corrected chi connectivity index (χ3v) is 7.75. The van der Waals surface area contributed by atoms with Gasteiger partial charge < -0.3 is 9.64 Å². The third kappa shape index (κ3) is 2.76. The smallest absolute Gasteiger partial charge is 0.320 e. The molecule has 2 fully saturated rings. The Morgan fingerprint density at radius 2 is 1.49 bits per heavy atom. The van der Waals surface area contributed by atoms with Gasteiger partial charge in [0.25, 0.3) is 0 Å². The van der Waals surface area contributed by atoms with E-state index in [1.54, 1.807) is 24.3 Å². The average molecular weight is 510 g/mol. The zero-order valence-corrected chi connectivity index (χ0v) is 19.2. The summed E-state index contributed by atoms with van der Waals surface area (Å²) in [6.45, 7) is 0. The van der Waals surface area contributed by atoms with Gasteiger partial charge >= 0.3 is 11.9 Å². The van der Waals surface area contributed by atoms with E-state index in [1.807, 2.05) is 0 Å². The van der Waals surface area contributed by atoms with Crippen molar-refractivity contribution < 1.29 is 28.3 Å². The van der Waals surface area contributed by atoms with Gasteiger partial charge in [0.2, 0.25) is 0 Å². The first kappa shape index (κ1) is 21.9. The Balaban J connectivity index is 1.70. The molecule has 0 bridgehead atoms. The van der Waals surface area contributed by atoms with Crippen LogP contribution in [0.15, 0.2) is 66.7 Å². The Bertz CT molecular complexity index is 1450. The summed E-state index contributed by atoms with van der Waals surface area (Å²) in [7, 11) is 0. The monoisotopic (exact) mass is 509 g/mol. The average Bonchev–Trinajstić information content (AvgIpc) is 3.40. The lowest BCUT2D eigenvalue weighted by Gasteiger charge is -2.39. The van der Waals surface area contributed by atoms with Crippen LogP contribution >= 0.6 is 23.2 Å². The maximum Gasteiger partial charge on any atom is 0.320 e. The molecule has 3 atom stereocenters. The summed E-state index contributed by atoms with van der Waals surface area (Å²) in [4.78, 5) is 55.8. The fraction of sp³-hybridized carbons (Fsp3) is 0.154. The predicted molar refractivity (Wildman–Crippen MR) is 124 cm³/mol. The van der Waals surface area contributed by atoms with Gasteiger partial charge in [-0.2, -0.15) is 0 Å². The minimum absolute atomic E-state index is 0.133. The Morgan fingerprint density at radius 1 is 0.800 bits per heavy atom. The highest BCUT2D eigenvalue weighted by atomic mass is 35.5. The molecule has 2 heterocycles. The van der Waals surface area contributed by atoms with E-state index in [-0.39, 0.29) is 26.9 Å². The number of hydrogen-bond acceptors (Lipinski definition) is 6. The first-order valence-electron chi connectivity index (χ1n) is 10.7. The highest BCUT2D eigenvalue weighted by Crippen LogP contribution is 2.60. The second-order valence-electron chi connectivity index (χ2n) is 8.68. The molecule has 6 nitrogen and oxygen atoms in total. The molecule has 3 aliphatic rings. The summed E-state index contributed by atoms with van der Waals surface area (Å²) in [6.07, 6.45) is 0. The van der Waals surface area contributed by atoms with Gasteiger partial charge in [-0.15, -0.1) is 0 Å². The molecule has 3 aromatic rings. The van der Waals surface area contributed by atoms with Gasteiger partial charge in [0.1, 0.15) is 11.7 Å². The molecule has 9 heteroatoms. The highest BCUT2D eigenvalue weighted by molar-refractivity contribution is 6.42. The second-order valence-corrected chi connectivity index (χ2v) is 9.50. The van der Waals surface area contributed by atoms with E-state index in [0.29, 0.717) is 5.56 Å². The van der Waals surface area contributed by atoms with Crippen LogP contribution in [0.5, 0.6) is 0 Å². The van der Waals surface area contributed by atoms with Gasteiger partial charge in [-0.1, -0.05) is 59.6 Å². The zero-order valence-electron chi connectivity index (χ0n) is 17.7. The van der Waals surface area contributed by atoms with Crippen molar-refractivity contribution in [1.29, 1.82) is 0 Å². The van der Waals surface area contributed by atoms with Crippen LogP contribution in [0.1, 0.15) is 32.3 Å². The van der Waals surface area contributed by atoms with E-state index >= 15 is 0 Å². The standard InChI is InChI=1S/C26H14Cl2FNO5/c27-17-9-8-14(11-18(17)28)30-21(12-4-3-5-13(29)10-12)19-20(25(34)35-24(19)33)26(30)22(31)15-6-1-2-7-16(15)23(26)32/h1-11,19-21H. The van der Waals surface area contributed by atoms with Crippen molar-refractivity contribution in [2.45, 2.75) is 11.6 Å². The quantitative estimate of drug-likeness (QED) is 0.363. The van der Waals surface area contributed by atoms with Crippen LogP contribution < -0.4 is 4.90 Å². The minimum atomic E-state index is -2.12. The number of fused-ring (bicyclic) bond motifs is 3. The molecular formula is C26H14Cl2FNO5. The fourth-order valence-corrected chi connectivity index (χ4v) is 6.02. The van der Waals surface area contributed by atoms with Crippen molar-refractivity contribution in [3.05, 3.63) is 99.3 Å². The molecule has 0 N–H and O–H groups in total. The number of anilines is 1. The molecular weight excluding hydrogens is 496 g/mol. The zero-order chi connectivity index (χ0) is 24.6.